The molecular formula is C23H24IN6OPS2. The van der Waals surface area contributed by atoms with Gasteiger partial charge in [0.15, 0.2) is 5.65 Å². The van der Waals surface area contributed by atoms with Crippen molar-refractivity contribution in [1.29, 1.82) is 0 Å². The van der Waals surface area contributed by atoms with Gasteiger partial charge >= 0.3 is 0 Å². The lowest BCUT2D eigenvalue weighted by Gasteiger charge is -2.14. The van der Waals surface area contributed by atoms with E-state index in [4.69, 9.17) is 15.0 Å². The first-order valence-electron chi connectivity index (χ1n) is 10.8. The van der Waals surface area contributed by atoms with Gasteiger partial charge in [-0.2, -0.15) is 0 Å². The lowest BCUT2D eigenvalue weighted by molar-refractivity contribution is -0.117. The molecule has 1 fully saturated rings. The van der Waals surface area contributed by atoms with E-state index in [1.165, 1.54) is 4.88 Å². The zero-order valence-corrected chi connectivity index (χ0v) is 24.0. The van der Waals surface area contributed by atoms with Crippen LogP contribution in [0.15, 0.2) is 29.2 Å². The van der Waals surface area contributed by atoms with Gasteiger partial charge < -0.3 is 10.6 Å². The van der Waals surface area contributed by atoms with E-state index in [2.05, 4.69) is 68.4 Å². The SMILES string of the molecule is CSc1cc(-c2nc(C)c(C)s2)ccc1Nc1cc(NC(=O)C2CC2)nc2c1nc(C)n2PI. The highest BCUT2D eigenvalue weighted by atomic mass is 127. The molecule has 2 N–H and O–H groups in total. The van der Waals surface area contributed by atoms with Crippen molar-refractivity contribution in [3.63, 3.8) is 0 Å². The van der Waals surface area contributed by atoms with Crippen LogP contribution in [-0.2, 0) is 4.79 Å². The average Bonchev–Trinajstić information content (AvgIpc) is 3.55. The Morgan fingerprint density at radius 3 is 2.62 bits per heavy atom. The summed E-state index contributed by atoms with van der Waals surface area (Å²) in [6, 6.07) is 8.26. The van der Waals surface area contributed by atoms with E-state index in [0.717, 1.165) is 62.4 Å². The van der Waals surface area contributed by atoms with E-state index in [-0.39, 0.29) is 11.8 Å². The standard InChI is InChI=1S/C23H24IN6OPS2/c1-11-12(2)34-23(25-11)15-7-8-16(18(9-15)33-4)27-17-10-19(29-22(31)14-5-6-14)28-21-20(17)26-13(3)30(21)32-24/h7-10,14,32H,5-6H2,1-4H3,(H2,27,28,29,31). The van der Waals surface area contributed by atoms with Crippen LogP contribution in [0.3, 0.4) is 0 Å². The minimum Gasteiger partial charge on any atom is -0.353 e. The molecule has 0 saturated heterocycles. The maximum atomic E-state index is 12.4. The molecule has 176 valence electrons. The average molecular weight is 622 g/mol. The molecule has 7 nitrogen and oxygen atoms in total. The second-order valence-electron chi connectivity index (χ2n) is 8.27. The van der Waals surface area contributed by atoms with Crippen LogP contribution in [0, 0.1) is 26.7 Å². The monoisotopic (exact) mass is 622 g/mol. The third-order valence-corrected chi connectivity index (χ3v) is 9.86. The van der Waals surface area contributed by atoms with Crippen molar-refractivity contribution in [1.82, 2.24) is 19.3 Å². The minimum atomic E-state index is 0.0423. The molecule has 0 bridgehead atoms. The molecule has 1 unspecified atom stereocenters. The quantitative estimate of drug-likeness (QED) is 0.130. The molecule has 0 aliphatic heterocycles. The molecule has 1 amide bonds. The number of thioether (sulfide) groups is 1. The highest BCUT2D eigenvalue weighted by Gasteiger charge is 2.30. The highest BCUT2D eigenvalue weighted by molar-refractivity contribution is 14.2. The number of benzene rings is 1. The Kier molecular flexibility index (Phi) is 6.85. The number of thiazole rings is 1. The highest BCUT2D eigenvalue weighted by Crippen LogP contribution is 2.39. The number of carbonyl (C=O) groups excluding carboxylic acids is 1. The Bertz CT molecular complexity index is 1390. The summed E-state index contributed by atoms with van der Waals surface area (Å²) >= 11 is 5.74. The molecule has 34 heavy (non-hydrogen) atoms. The summed E-state index contributed by atoms with van der Waals surface area (Å²) in [6.07, 6.45) is 4.44. The maximum absolute atomic E-state index is 12.4. The third-order valence-electron chi connectivity index (χ3n) is 5.81. The molecule has 3 aromatic heterocycles. The van der Waals surface area contributed by atoms with Gasteiger partial charge in [-0.3, -0.25) is 9.13 Å². The number of nitrogens with zero attached hydrogens (tertiary/aromatic N) is 4. The van der Waals surface area contributed by atoms with Gasteiger partial charge in [-0.15, -0.1) is 23.1 Å². The summed E-state index contributed by atoms with van der Waals surface area (Å²) in [5, 5.41) is 7.62. The van der Waals surface area contributed by atoms with E-state index >= 15 is 0 Å². The summed E-state index contributed by atoms with van der Waals surface area (Å²) in [6.45, 7) is 6.14. The number of amides is 1. The number of fused-ring (bicyclic) bond motifs is 1. The Labute approximate surface area is 221 Å². The van der Waals surface area contributed by atoms with Crippen LogP contribution in [-0.4, -0.2) is 31.5 Å². The van der Waals surface area contributed by atoms with Crippen LogP contribution in [0.4, 0.5) is 17.2 Å². The van der Waals surface area contributed by atoms with Gasteiger partial charge in [-0.25, -0.2) is 15.0 Å². The van der Waals surface area contributed by atoms with Crippen molar-refractivity contribution in [3.05, 3.63) is 40.7 Å². The summed E-state index contributed by atoms with van der Waals surface area (Å²) in [5.41, 5.74) is 5.58. The molecule has 1 aromatic carbocycles. The van der Waals surface area contributed by atoms with E-state index in [0.29, 0.717) is 12.2 Å². The molecular weight excluding hydrogens is 598 g/mol. The van der Waals surface area contributed by atoms with Crippen LogP contribution in [0.2, 0.25) is 0 Å². The fourth-order valence-corrected chi connectivity index (χ4v) is 7.29. The largest absolute Gasteiger partial charge is 0.353 e. The number of aromatic nitrogens is 4. The van der Waals surface area contributed by atoms with E-state index in [1.807, 2.05) is 19.9 Å². The summed E-state index contributed by atoms with van der Waals surface area (Å²) in [4.78, 5) is 29.0. The number of carbonyl (C=O) groups is 1. The van der Waals surface area contributed by atoms with E-state index < -0.39 is 0 Å². The van der Waals surface area contributed by atoms with Crippen LogP contribution in [0.25, 0.3) is 21.7 Å². The second-order valence-corrected chi connectivity index (χ2v) is 12.4. The van der Waals surface area contributed by atoms with Crippen LogP contribution >= 0.6 is 51.5 Å². The van der Waals surface area contributed by atoms with Crippen molar-refractivity contribution in [2.45, 2.75) is 38.5 Å². The van der Waals surface area contributed by atoms with E-state index in [1.54, 1.807) is 23.1 Å². The number of imidazole rings is 1. The topological polar surface area (TPSA) is 84.7 Å². The maximum Gasteiger partial charge on any atom is 0.228 e. The van der Waals surface area contributed by atoms with Gasteiger partial charge in [0.25, 0.3) is 0 Å². The van der Waals surface area contributed by atoms with Gasteiger partial charge in [0.05, 0.1) is 23.4 Å². The lowest BCUT2D eigenvalue weighted by Crippen LogP contribution is -2.14. The predicted molar refractivity (Wildman–Crippen MR) is 153 cm³/mol. The zero-order chi connectivity index (χ0) is 24.0. The van der Waals surface area contributed by atoms with Crippen molar-refractivity contribution >= 4 is 85.8 Å². The molecule has 0 radical (unpaired) electrons. The Hall–Kier alpha value is -1.75. The number of aryl methyl sites for hydroxylation is 3. The van der Waals surface area contributed by atoms with Gasteiger partial charge in [-0.1, -0.05) is 0 Å². The molecule has 11 heteroatoms. The summed E-state index contributed by atoms with van der Waals surface area (Å²) < 4.78 is 2.08. The van der Waals surface area contributed by atoms with Crippen molar-refractivity contribution in [2.24, 2.45) is 5.92 Å². The van der Waals surface area contributed by atoms with Crippen LogP contribution in [0.5, 0.6) is 0 Å². The normalized spacial score (nSPS) is 13.8. The number of hydrogen-bond donors (Lipinski definition) is 2. The molecule has 1 aliphatic carbocycles. The van der Waals surface area contributed by atoms with Crippen LogP contribution in [0.1, 0.15) is 29.2 Å². The first-order valence-corrected chi connectivity index (χ1v) is 16.9. The number of halogens is 1. The number of anilines is 3. The molecule has 0 spiro atoms. The Balaban J connectivity index is 1.55. The number of nitrogens with one attached hydrogen (secondary N) is 2. The summed E-state index contributed by atoms with van der Waals surface area (Å²) in [7, 11) is 0. The smallest absolute Gasteiger partial charge is 0.228 e. The lowest BCUT2D eigenvalue weighted by atomic mass is 10.2. The van der Waals surface area contributed by atoms with Crippen molar-refractivity contribution in [2.75, 3.05) is 16.9 Å². The van der Waals surface area contributed by atoms with Crippen molar-refractivity contribution < 1.29 is 4.79 Å². The number of hydrogen-bond acceptors (Lipinski definition) is 7. The summed E-state index contributed by atoms with van der Waals surface area (Å²) in [5.74, 6) is 1.61. The molecule has 1 aliphatic rings. The Morgan fingerprint density at radius 2 is 1.97 bits per heavy atom. The van der Waals surface area contributed by atoms with Crippen molar-refractivity contribution in [3.8, 4) is 10.6 Å². The van der Waals surface area contributed by atoms with Gasteiger partial charge in [0, 0.05) is 27.3 Å². The molecule has 1 saturated carbocycles. The first kappa shape index (κ1) is 24.0. The molecule has 3 heterocycles. The first-order chi connectivity index (χ1) is 16.4. The minimum absolute atomic E-state index is 0.0423. The fourth-order valence-electron chi connectivity index (χ4n) is 3.66. The number of pyridine rings is 1. The van der Waals surface area contributed by atoms with E-state index in [9.17, 15) is 4.79 Å². The fraction of sp³-hybridized carbons (Fsp3) is 0.304. The van der Waals surface area contributed by atoms with Gasteiger partial charge in [-0.05, 0) is 80.1 Å². The zero-order valence-electron chi connectivity index (χ0n) is 19.2. The predicted octanol–water partition coefficient (Wildman–Crippen LogP) is 7.09. The van der Waals surface area contributed by atoms with Gasteiger partial charge in [0.1, 0.15) is 22.2 Å². The molecule has 1 atom stereocenters. The second kappa shape index (κ2) is 9.72. The molecule has 5 rings (SSSR count). The van der Waals surface area contributed by atoms with Gasteiger partial charge in [0.2, 0.25) is 5.91 Å². The third kappa shape index (κ3) is 4.69. The molecule has 4 aromatic rings. The van der Waals surface area contributed by atoms with Crippen LogP contribution < -0.4 is 10.6 Å². The number of rotatable bonds is 7. The Morgan fingerprint density at radius 1 is 1.18 bits per heavy atom.